The molecule has 0 radical (unpaired) electrons. The van der Waals surface area contributed by atoms with Gasteiger partial charge in [0.25, 0.3) is 0 Å². The molecule has 0 spiro atoms. The van der Waals surface area contributed by atoms with Crippen LogP contribution in [0.5, 0.6) is 0 Å². The Hall–Kier alpha value is -0.770. The molecule has 2 amide bonds. The zero-order valence-corrected chi connectivity index (χ0v) is 10.8. The number of aliphatic hydroxyl groups is 1. The first-order chi connectivity index (χ1) is 8.08. The van der Waals surface area contributed by atoms with Gasteiger partial charge in [0.15, 0.2) is 0 Å². The maximum absolute atomic E-state index is 12.3. The normalized spacial score (nSPS) is 25.5. The van der Waals surface area contributed by atoms with Crippen molar-refractivity contribution in [2.24, 2.45) is 0 Å². The van der Waals surface area contributed by atoms with Crippen molar-refractivity contribution in [3.63, 3.8) is 0 Å². The monoisotopic (exact) mass is 240 g/mol. The molecule has 0 bridgehead atoms. The lowest BCUT2D eigenvalue weighted by atomic mass is 9.94. The molecule has 2 fully saturated rings. The third-order valence-corrected chi connectivity index (χ3v) is 3.99. The molecule has 0 aromatic rings. The number of nitrogens with zero attached hydrogens (tertiary/aromatic N) is 2. The highest BCUT2D eigenvalue weighted by molar-refractivity contribution is 5.74. The van der Waals surface area contributed by atoms with Gasteiger partial charge in [-0.2, -0.15) is 0 Å². The molecule has 1 N–H and O–H groups in total. The molecule has 0 unspecified atom stereocenters. The van der Waals surface area contributed by atoms with Crippen LogP contribution in [0.2, 0.25) is 0 Å². The largest absolute Gasteiger partial charge is 0.390 e. The summed E-state index contributed by atoms with van der Waals surface area (Å²) in [5, 5.41) is 9.88. The summed E-state index contributed by atoms with van der Waals surface area (Å²) in [7, 11) is 0. The van der Waals surface area contributed by atoms with Crippen molar-refractivity contribution in [3.8, 4) is 0 Å². The van der Waals surface area contributed by atoms with Gasteiger partial charge in [-0.3, -0.25) is 0 Å². The average Bonchev–Trinajstić information content (AvgIpc) is 2.56. The van der Waals surface area contributed by atoms with Crippen LogP contribution in [0.1, 0.15) is 45.4 Å². The molecule has 17 heavy (non-hydrogen) atoms. The Bertz CT molecular complexity index is 261. The maximum atomic E-state index is 12.3. The summed E-state index contributed by atoms with van der Waals surface area (Å²) >= 11 is 0. The summed E-state index contributed by atoms with van der Waals surface area (Å²) in [6.07, 6.45) is 6.17. The number of urea groups is 1. The average molecular weight is 240 g/mol. The molecule has 2 heterocycles. The highest BCUT2D eigenvalue weighted by atomic mass is 16.3. The van der Waals surface area contributed by atoms with Crippen molar-refractivity contribution in [2.45, 2.75) is 51.0 Å². The van der Waals surface area contributed by atoms with Crippen LogP contribution in [-0.2, 0) is 0 Å². The van der Waals surface area contributed by atoms with Gasteiger partial charge >= 0.3 is 6.03 Å². The molecule has 4 nitrogen and oxygen atoms in total. The Labute approximate surface area is 104 Å². The molecule has 98 valence electrons. The molecule has 0 saturated carbocycles. The van der Waals surface area contributed by atoms with E-state index in [1.165, 1.54) is 12.8 Å². The molecule has 2 aliphatic rings. The topological polar surface area (TPSA) is 43.8 Å². The van der Waals surface area contributed by atoms with Gasteiger partial charge in [-0.1, -0.05) is 12.8 Å². The number of carbonyl (C=O) groups excluding carboxylic acids is 1. The first-order valence-electron chi connectivity index (χ1n) is 6.85. The minimum Gasteiger partial charge on any atom is -0.390 e. The fourth-order valence-corrected chi connectivity index (χ4v) is 2.64. The van der Waals surface area contributed by atoms with Gasteiger partial charge in [-0.05, 0) is 32.6 Å². The summed E-state index contributed by atoms with van der Waals surface area (Å²) in [5.41, 5.74) is -0.574. The molecule has 2 aliphatic heterocycles. The van der Waals surface area contributed by atoms with E-state index in [2.05, 4.69) is 0 Å². The SMILES string of the molecule is CC1(O)CCN(C(=O)N2CCCCCC2)CC1. The van der Waals surface area contributed by atoms with E-state index in [1.54, 1.807) is 0 Å². The Morgan fingerprint density at radius 2 is 1.41 bits per heavy atom. The number of amides is 2. The number of carbonyl (C=O) groups is 1. The second-order valence-electron chi connectivity index (χ2n) is 5.67. The number of hydrogen-bond donors (Lipinski definition) is 1. The molecule has 0 aliphatic carbocycles. The number of hydrogen-bond acceptors (Lipinski definition) is 2. The zero-order chi connectivity index (χ0) is 12.3. The highest BCUT2D eigenvalue weighted by Crippen LogP contribution is 2.22. The first kappa shape index (κ1) is 12.7. The van der Waals surface area contributed by atoms with Crippen LogP contribution in [0, 0.1) is 0 Å². The van der Waals surface area contributed by atoms with Crippen LogP contribution < -0.4 is 0 Å². The van der Waals surface area contributed by atoms with E-state index >= 15 is 0 Å². The maximum Gasteiger partial charge on any atom is 0.320 e. The third-order valence-electron chi connectivity index (χ3n) is 3.99. The lowest BCUT2D eigenvalue weighted by Gasteiger charge is -2.38. The van der Waals surface area contributed by atoms with Crippen molar-refractivity contribution in [3.05, 3.63) is 0 Å². The van der Waals surface area contributed by atoms with Gasteiger partial charge in [0.2, 0.25) is 0 Å². The molecule has 2 rings (SSSR count). The molecule has 0 aromatic heterocycles. The summed E-state index contributed by atoms with van der Waals surface area (Å²) < 4.78 is 0. The molecule has 2 saturated heterocycles. The minimum atomic E-state index is -0.574. The second-order valence-corrected chi connectivity index (χ2v) is 5.67. The van der Waals surface area contributed by atoms with E-state index in [4.69, 9.17) is 0 Å². The smallest absolute Gasteiger partial charge is 0.320 e. The Morgan fingerprint density at radius 1 is 0.941 bits per heavy atom. The van der Waals surface area contributed by atoms with Crippen LogP contribution in [0.15, 0.2) is 0 Å². The molecule has 0 atom stereocenters. The Morgan fingerprint density at radius 3 is 1.94 bits per heavy atom. The summed E-state index contributed by atoms with van der Waals surface area (Å²) in [4.78, 5) is 16.2. The number of likely N-dealkylation sites (tertiary alicyclic amines) is 2. The van der Waals surface area contributed by atoms with Gasteiger partial charge < -0.3 is 14.9 Å². The van der Waals surface area contributed by atoms with E-state index in [9.17, 15) is 9.90 Å². The van der Waals surface area contributed by atoms with Crippen LogP contribution >= 0.6 is 0 Å². The second kappa shape index (κ2) is 5.25. The molecular formula is C13H24N2O2. The van der Waals surface area contributed by atoms with Gasteiger partial charge in [-0.25, -0.2) is 4.79 Å². The van der Waals surface area contributed by atoms with Crippen molar-refractivity contribution in [2.75, 3.05) is 26.2 Å². The lowest BCUT2D eigenvalue weighted by Crippen LogP contribution is -2.50. The Balaban J connectivity index is 1.87. The van der Waals surface area contributed by atoms with Gasteiger partial charge in [0, 0.05) is 26.2 Å². The molecule has 4 heteroatoms. The zero-order valence-electron chi connectivity index (χ0n) is 10.8. The molecular weight excluding hydrogens is 216 g/mol. The Kier molecular flexibility index (Phi) is 3.92. The summed E-state index contributed by atoms with van der Waals surface area (Å²) in [6, 6.07) is 0.183. The highest BCUT2D eigenvalue weighted by Gasteiger charge is 2.31. The predicted molar refractivity (Wildman–Crippen MR) is 66.9 cm³/mol. The van der Waals surface area contributed by atoms with Gasteiger partial charge in [-0.15, -0.1) is 0 Å². The van der Waals surface area contributed by atoms with Gasteiger partial charge in [0.1, 0.15) is 0 Å². The first-order valence-corrected chi connectivity index (χ1v) is 6.85. The lowest BCUT2D eigenvalue weighted by molar-refractivity contribution is 0.000705. The summed E-state index contributed by atoms with van der Waals surface area (Å²) in [5.74, 6) is 0. The van der Waals surface area contributed by atoms with E-state index in [-0.39, 0.29) is 6.03 Å². The fraction of sp³-hybridized carbons (Fsp3) is 0.923. The van der Waals surface area contributed by atoms with E-state index < -0.39 is 5.60 Å². The summed E-state index contributed by atoms with van der Waals surface area (Å²) in [6.45, 7) is 5.07. The van der Waals surface area contributed by atoms with Crippen LogP contribution in [0.3, 0.4) is 0 Å². The van der Waals surface area contributed by atoms with Crippen LogP contribution in [0.25, 0.3) is 0 Å². The van der Waals surface area contributed by atoms with E-state index in [0.717, 1.165) is 25.9 Å². The van der Waals surface area contributed by atoms with Crippen LogP contribution in [-0.4, -0.2) is 52.7 Å². The van der Waals surface area contributed by atoms with Crippen molar-refractivity contribution in [1.82, 2.24) is 9.80 Å². The van der Waals surface area contributed by atoms with Crippen molar-refractivity contribution >= 4 is 6.03 Å². The standard InChI is InChI=1S/C13H24N2O2/c1-13(17)6-10-15(11-7-13)12(16)14-8-4-2-3-5-9-14/h17H,2-11H2,1H3. The molecule has 0 aromatic carbocycles. The fourth-order valence-electron chi connectivity index (χ4n) is 2.64. The number of rotatable bonds is 0. The van der Waals surface area contributed by atoms with Crippen LogP contribution in [0.4, 0.5) is 4.79 Å². The third kappa shape index (κ3) is 3.35. The van der Waals surface area contributed by atoms with Crippen molar-refractivity contribution in [1.29, 1.82) is 0 Å². The minimum absolute atomic E-state index is 0.183. The van der Waals surface area contributed by atoms with E-state index in [1.807, 2.05) is 16.7 Å². The van der Waals surface area contributed by atoms with Gasteiger partial charge in [0.05, 0.1) is 5.60 Å². The van der Waals surface area contributed by atoms with E-state index in [0.29, 0.717) is 25.9 Å². The number of piperidine rings is 1. The quantitative estimate of drug-likeness (QED) is 0.702. The van der Waals surface area contributed by atoms with Crippen molar-refractivity contribution < 1.29 is 9.90 Å². The predicted octanol–water partition coefficient (Wildman–Crippen LogP) is 1.83.